The Kier molecular flexibility index (Phi) is 8.02. The van der Waals surface area contributed by atoms with Crippen molar-refractivity contribution < 1.29 is 27.6 Å². The number of carbonyl (C=O) groups excluding carboxylic acids is 1. The maximum absolute atomic E-state index is 12.2. The molecule has 0 saturated carbocycles. The standard InChI is InChI=1S/C16H26B2O6S/c1-3-11(16(20)24-4-5-25(21,22)23)7-14-10(2)15(19)13(9-18)6-12(14)8-17/h6,11,19H,3-5,7-9,17-18H2,1-2H3,(H,21,22,23). The van der Waals surface area contributed by atoms with Crippen molar-refractivity contribution in [1.82, 2.24) is 0 Å². The van der Waals surface area contributed by atoms with E-state index in [0.29, 0.717) is 12.8 Å². The third kappa shape index (κ3) is 6.08. The van der Waals surface area contributed by atoms with Crippen LogP contribution in [-0.4, -0.2) is 52.1 Å². The van der Waals surface area contributed by atoms with Gasteiger partial charge in [0.15, 0.2) is 0 Å². The molecule has 1 atom stereocenters. The fourth-order valence-corrected chi connectivity index (χ4v) is 3.16. The molecule has 0 heterocycles. The van der Waals surface area contributed by atoms with Crippen LogP contribution in [0.5, 0.6) is 5.75 Å². The van der Waals surface area contributed by atoms with Gasteiger partial charge in [-0.3, -0.25) is 9.35 Å². The summed E-state index contributed by atoms with van der Waals surface area (Å²) in [6.45, 7) is 3.34. The first kappa shape index (κ1) is 21.6. The lowest BCUT2D eigenvalue weighted by atomic mass is 9.82. The minimum atomic E-state index is -4.15. The summed E-state index contributed by atoms with van der Waals surface area (Å²) in [6.07, 6.45) is 2.48. The molecule has 0 bridgehead atoms. The molecule has 6 nitrogen and oxygen atoms in total. The molecule has 0 amide bonds. The van der Waals surface area contributed by atoms with Gasteiger partial charge in [0.25, 0.3) is 10.1 Å². The molecular formula is C16H26B2O6S. The molecule has 25 heavy (non-hydrogen) atoms. The molecule has 2 N–H and O–H groups in total. The van der Waals surface area contributed by atoms with E-state index in [1.807, 2.05) is 35.6 Å². The topological polar surface area (TPSA) is 101 Å². The zero-order valence-electron chi connectivity index (χ0n) is 15.3. The van der Waals surface area contributed by atoms with Crippen LogP contribution in [0.25, 0.3) is 0 Å². The van der Waals surface area contributed by atoms with Crippen molar-refractivity contribution in [3.05, 3.63) is 28.3 Å². The first-order valence-corrected chi connectivity index (χ1v) is 10.2. The third-order valence-electron chi connectivity index (χ3n) is 4.47. The second-order valence-corrected chi connectivity index (χ2v) is 7.69. The van der Waals surface area contributed by atoms with Gasteiger partial charge in [-0.05, 0) is 36.5 Å². The predicted octanol–water partition coefficient (Wildman–Crippen LogP) is -0.0335. The lowest BCUT2D eigenvalue weighted by molar-refractivity contribution is -0.148. The zero-order chi connectivity index (χ0) is 19.2. The smallest absolute Gasteiger partial charge is 0.309 e. The molecule has 1 aromatic rings. The fraction of sp³-hybridized carbons (Fsp3) is 0.562. The van der Waals surface area contributed by atoms with Gasteiger partial charge < -0.3 is 9.84 Å². The largest absolute Gasteiger partial charge is 0.507 e. The second kappa shape index (κ2) is 9.29. The van der Waals surface area contributed by atoms with Crippen molar-refractivity contribution in [2.75, 3.05) is 12.4 Å². The Morgan fingerprint density at radius 3 is 2.36 bits per heavy atom. The fourth-order valence-electron chi connectivity index (χ4n) is 2.87. The Morgan fingerprint density at radius 1 is 1.28 bits per heavy atom. The Balaban J connectivity index is 2.97. The van der Waals surface area contributed by atoms with Crippen LogP contribution in [0.2, 0.25) is 0 Å². The summed E-state index contributed by atoms with van der Waals surface area (Å²) in [4.78, 5) is 12.2. The van der Waals surface area contributed by atoms with Crippen LogP contribution in [0.3, 0.4) is 0 Å². The van der Waals surface area contributed by atoms with Gasteiger partial charge in [-0.25, -0.2) is 0 Å². The van der Waals surface area contributed by atoms with E-state index in [-0.39, 0.29) is 12.4 Å². The number of phenols is 1. The SMILES string of the molecule is BCc1cc(CB)c(CC(CC)C(=O)OCCS(=O)(=O)O)c(C)c1O. The second-order valence-electron chi connectivity index (χ2n) is 6.12. The van der Waals surface area contributed by atoms with Crippen molar-refractivity contribution in [2.24, 2.45) is 5.92 Å². The number of hydrogen-bond donors (Lipinski definition) is 2. The summed E-state index contributed by atoms with van der Waals surface area (Å²) in [5, 5.41) is 10.3. The van der Waals surface area contributed by atoms with E-state index in [1.165, 1.54) is 0 Å². The molecule has 0 spiro atoms. The van der Waals surface area contributed by atoms with Crippen LogP contribution in [-0.2, 0) is 38.7 Å². The molecule has 0 fully saturated rings. The molecule has 0 aromatic heterocycles. The average Bonchev–Trinajstić information content (AvgIpc) is 2.54. The lowest BCUT2D eigenvalue weighted by Gasteiger charge is -2.20. The number of rotatable bonds is 9. The van der Waals surface area contributed by atoms with Crippen molar-refractivity contribution in [1.29, 1.82) is 0 Å². The monoisotopic (exact) mass is 368 g/mol. The summed E-state index contributed by atoms with van der Waals surface area (Å²) in [6, 6.07) is 1.98. The maximum atomic E-state index is 12.2. The molecule has 0 aliphatic rings. The van der Waals surface area contributed by atoms with Crippen LogP contribution in [0.4, 0.5) is 0 Å². The number of aromatic hydroxyl groups is 1. The molecule has 1 aromatic carbocycles. The van der Waals surface area contributed by atoms with E-state index in [2.05, 4.69) is 0 Å². The first-order valence-electron chi connectivity index (χ1n) is 8.59. The molecule has 0 radical (unpaired) electrons. The summed E-state index contributed by atoms with van der Waals surface area (Å²) in [5.41, 5.74) is 3.70. The van der Waals surface area contributed by atoms with E-state index in [1.54, 1.807) is 0 Å². The van der Waals surface area contributed by atoms with Gasteiger partial charge in [-0.1, -0.05) is 31.2 Å². The number of esters is 1. The summed E-state index contributed by atoms with van der Waals surface area (Å²) in [5.74, 6) is -1.27. The molecule has 0 aliphatic carbocycles. The maximum Gasteiger partial charge on any atom is 0.309 e. The molecule has 138 valence electrons. The molecule has 0 saturated heterocycles. The van der Waals surface area contributed by atoms with Crippen LogP contribution in [0.1, 0.15) is 35.6 Å². The molecule has 1 unspecified atom stereocenters. The third-order valence-corrected chi connectivity index (χ3v) is 5.15. The number of hydrogen-bond acceptors (Lipinski definition) is 5. The van der Waals surface area contributed by atoms with Crippen LogP contribution in [0.15, 0.2) is 6.07 Å². The van der Waals surface area contributed by atoms with Gasteiger partial charge in [-0.2, -0.15) is 8.42 Å². The van der Waals surface area contributed by atoms with Gasteiger partial charge in [0.1, 0.15) is 33.8 Å². The number of carbonyl (C=O) groups is 1. The van der Waals surface area contributed by atoms with Crippen molar-refractivity contribution in [3.8, 4) is 5.75 Å². The molecule has 1 rings (SSSR count). The normalized spacial score (nSPS) is 12.8. The highest BCUT2D eigenvalue weighted by Gasteiger charge is 2.23. The van der Waals surface area contributed by atoms with Crippen LogP contribution >= 0.6 is 0 Å². The number of benzene rings is 1. The van der Waals surface area contributed by atoms with Crippen LogP contribution in [0, 0.1) is 12.8 Å². The average molecular weight is 368 g/mol. The Bertz CT molecular complexity index is 718. The van der Waals surface area contributed by atoms with E-state index in [0.717, 1.165) is 34.9 Å². The summed E-state index contributed by atoms with van der Waals surface area (Å²) in [7, 11) is -0.143. The van der Waals surface area contributed by atoms with Gasteiger partial charge in [0.05, 0.1) is 5.92 Å². The minimum Gasteiger partial charge on any atom is -0.507 e. The van der Waals surface area contributed by atoms with Gasteiger partial charge >= 0.3 is 5.97 Å². The number of phenolic OH excluding ortho intramolecular Hbond substituents is 1. The van der Waals surface area contributed by atoms with Gasteiger partial charge in [-0.15, -0.1) is 0 Å². The highest BCUT2D eigenvalue weighted by molar-refractivity contribution is 7.85. The van der Waals surface area contributed by atoms with Crippen LogP contribution < -0.4 is 0 Å². The Labute approximate surface area is 151 Å². The molecule has 0 aliphatic heterocycles. The summed E-state index contributed by atoms with van der Waals surface area (Å²) >= 11 is 0. The lowest BCUT2D eigenvalue weighted by Crippen LogP contribution is -2.23. The van der Waals surface area contributed by atoms with E-state index >= 15 is 0 Å². The van der Waals surface area contributed by atoms with Gasteiger partial charge in [0, 0.05) is 0 Å². The van der Waals surface area contributed by atoms with E-state index < -0.39 is 27.8 Å². The van der Waals surface area contributed by atoms with E-state index in [4.69, 9.17) is 9.29 Å². The Hall–Kier alpha value is -1.47. The van der Waals surface area contributed by atoms with E-state index in [9.17, 15) is 18.3 Å². The van der Waals surface area contributed by atoms with Crippen molar-refractivity contribution in [3.63, 3.8) is 0 Å². The Morgan fingerprint density at radius 2 is 1.88 bits per heavy atom. The van der Waals surface area contributed by atoms with Gasteiger partial charge in [0.2, 0.25) is 0 Å². The quantitative estimate of drug-likeness (QED) is 0.361. The predicted molar refractivity (Wildman–Crippen MR) is 102 cm³/mol. The van der Waals surface area contributed by atoms with Crippen molar-refractivity contribution >= 4 is 31.8 Å². The van der Waals surface area contributed by atoms with Crippen molar-refractivity contribution in [2.45, 2.75) is 39.3 Å². The number of ether oxygens (including phenoxy) is 1. The summed E-state index contributed by atoms with van der Waals surface area (Å²) < 4.78 is 35.1. The zero-order valence-corrected chi connectivity index (χ0v) is 16.1. The molecular weight excluding hydrogens is 342 g/mol. The highest BCUT2D eigenvalue weighted by Crippen LogP contribution is 2.31. The first-order chi connectivity index (χ1) is 11.6. The highest BCUT2D eigenvalue weighted by atomic mass is 32.2. The molecule has 9 heteroatoms. The minimum absolute atomic E-state index is 0.268.